The van der Waals surface area contributed by atoms with E-state index in [9.17, 15) is 4.79 Å². The molecule has 9 heteroatoms. The van der Waals surface area contributed by atoms with Gasteiger partial charge < -0.3 is 34.9 Å². The molecule has 4 rings (SSSR count). The van der Waals surface area contributed by atoms with Crippen LogP contribution in [0.3, 0.4) is 0 Å². The smallest absolute Gasteiger partial charge is 0.132 e. The Kier molecular flexibility index (Phi) is 10.4. The Hall–Kier alpha value is -2.39. The highest BCUT2D eigenvalue weighted by atomic mass is 35.5. The zero-order valence-electron chi connectivity index (χ0n) is 22.2. The van der Waals surface area contributed by atoms with Gasteiger partial charge in [-0.3, -0.25) is 0 Å². The predicted octanol–water partition coefficient (Wildman–Crippen LogP) is 4.45. The van der Waals surface area contributed by atoms with Gasteiger partial charge in [0.2, 0.25) is 0 Å². The number of rotatable bonds is 15. The molecular formula is C28H41ClN6O2. The van der Waals surface area contributed by atoms with Gasteiger partial charge in [-0.25, -0.2) is 4.98 Å². The largest absolute Gasteiger partial charge is 0.384 e. The lowest BCUT2D eigenvalue weighted by molar-refractivity contribution is -0.108. The van der Waals surface area contributed by atoms with Crippen LogP contribution in [0.4, 0.5) is 22.9 Å². The Bertz CT molecular complexity index is 1010. The van der Waals surface area contributed by atoms with Crippen molar-refractivity contribution in [2.75, 3.05) is 88.7 Å². The van der Waals surface area contributed by atoms with Gasteiger partial charge >= 0.3 is 0 Å². The summed E-state index contributed by atoms with van der Waals surface area (Å²) in [6.45, 7) is 8.11. The van der Waals surface area contributed by atoms with Gasteiger partial charge in [0.15, 0.2) is 0 Å². The zero-order valence-corrected chi connectivity index (χ0v) is 23.0. The molecule has 0 amide bonds. The van der Waals surface area contributed by atoms with Crippen LogP contribution in [0.5, 0.6) is 0 Å². The summed E-state index contributed by atoms with van der Waals surface area (Å²) >= 11 is 6.45. The molecule has 1 saturated heterocycles. The first kappa shape index (κ1) is 27.6. The lowest BCUT2D eigenvalue weighted by Crippen LogP contribution is -2.44. The molecule has 1 aliphatic carbocycles. The van der Waals surface area contributed by atoms with Gasteiger partial charge in [0.25, 0.3) is 0 Å². The molecule has 2 N–H and O–H groups in total. The zero-order chi connectivity index (χ0) is 26.0. The first-order valence-electron chi connectivity index (χ1n) is 13.5. The van der Waals surface area contributed by atoms with Gasteiger partial charge in [-0.1, -0.05) is 11.6 Å². The van der Waals surface area contributed by atoms with Crippen molar-refractivity contribution in [3.8, 4) is 0 Å². The second-order valence-corrected chi connectivity index (χ2v) is 10.6. The Balaban J connectivity index is 1.30. The molecule has 8 nitrogen and oxygen atoms in total. The van der Waals surface area contributed by atoms with Crippen molar-refractivity contribution >= 4 is 40.8 Å². The number of carbonyl (C=O) groups excluding carboxylic acids is 1. The van der Waals surface area contributed by atoms with E-state index in [0.29, 0.717) is 30.6 Å². The number of aromatic nitrogens is 1. The maximum Gasteiger partial charge on any atom is 0.132 e. The summed E-state index contributed by atoms with van der Waals surface area (Å²) in [7, 11) is 4.27. The number of hydrogen-bond donors (Lipinski definition) is 2. The highest BCUT2D eigenvalue weighted by molar-refractivity contribution is 6.33. The Morgan fingerprint density at radius 1 is 1.14 bits per heavy atom. The van der Waals surface area contributed by atoms with Crippen LogP contribution in [0.15, 0.2) is 30.5 Å². The molecule has 0 atom stereocenters. The third-order valence-corrected chi connectivity index (χ3v) is 7.37. The second-order valence-electron chi connectivity index (χ2n) is 10.2. The summed E-state index contributed by atoms with van der Waals surface area (Å²) < 4.78 is 5.44. The van der Waals surface area contributed by atoms with Crippen LogP contribution in [-0.4, -0.2) is 94.2 Å². The van der Waals surface area contributed by atoms with Gasteiger partial charge in [0, 0.05) is 63.1 Å². The van der Waals surface area contributed by atoms with E-state index in [1.165, 1.54) is 24.1 Å². The number of anilines is 4. The van der Waals surface area contributed by atoms with E-state index < -0.39 is 0 Å². The van der Waals surface area contributed by atoms with Crippen molar-refractivity contribution in [2.45, 2.75) is 31.6 Å². The molecule has 2 heterocycles. The molecule has 202 valence electrons. The summed E-state index contributed by atoms with van der Waals surface area (Å²) in [6, 6.07) is 8.82. The highest BCUT2D eigenvalue weighted by Crippen LogP contribution is 2.45. The molecule has 0 unspecified atom stereocenters. The Morgan fingerprint density at radius 2 is 1.95 bits per heavy atom. The number of carbonyl (C=O) groups is 1. The summed E-state index contributed by atoms with van der Waals surface area (Å²) in [5.74, 6) is 1.43. The van der Waals surface area contributed by atoms with Gasteiger partial charge in [0.1, 0.15) is 12.1 Å². The fourth-order valence-corrected chi connectivity index (χ4v) is 4.75. The molecule has 1 aromatic heterocycles. The molecule has 1 saturated carbocycles. The number of aldehydes is 1. The number of hydrogen-bond acceptors (Lipinski definition) is 8. The fraction of sp³-hybridized carbons (Fsp3) is 0.571. The molecule has 1 aliphatic heterocycles. The molecule has 37 heavy (non-hydrogen) atoms. The van der Waals surface area contributed by atoms with E-state index in [4.69, 9.17) is 16.3 Å². The van der Waals surface area contributed by atoms with E-state index in [2.05, 4.69) is 62.6 Å². The maximum atomic E-state index is 10.3. The maximum absolute atomic E-state index is 10.3. The molecule has 0 spiro atoms. The number of nitrogens with zero attached hydrogens (tertiary/aromatic N) is 4. The van der Waals surface area contributed by atoms with Gasteiger partial charge in [-0.05, 0) is 69.6 Å². The predicted molar refractivity (Wildman–Crippen MR) is 153 cm³/mol. The molecular weight excluding hydrogens is 488 g/mol. The first-order chi connectivity index (χ1) is 18.0. The minimum absolute atomic E-state index is 0.459. The van der Waals surface area contributed by atoms with E-state index in [1.807, 2.05) is 6.07 Å². The van der Waals surface area contributed by atoms with E-state index in [-0.39, 0.29) is 0 Å². The quantitative estimate of drug-likeness (QED) is 0.259. The monoisotopic (exact) mass is 528 g/mol. The number of pyridine rings is 1. The fourth-order valence-electron chi connectivity index (χ4n) is 4.58. The third kappa shape index (κ3) is 8.57. The summed E-state index contributed by atoms with van der Waals surface area (Å²) in [5, 5.41) is 7.65. The van der Waals surface area contributed by atoms with Gasteiger partial charge in [0.05, 0.1) is 30.1 Å². The Labute approximate surface area is 226 Å². The minimum atomic E-state index is 0.459. The number of ether oxygens (including phenoxy) is 1. The van der Waals surface area contributed by atoms with Crippen molar-refractivity contribution in [3.63, 3.8) is 0 Å². The second kappa shape index (κ2) is 14.0. The van der Waals surface area contributed by atoms with E-state index >= 15 is 0 Å². The molecule has 0 bridgehead atoms. The van der Waals surface area contributed by atoms with Crippen molar-refractivity contribution in [2.24, 2.45) is 0 Å². The Morgan fingerprint density at radius 3 is 2.70 bits per heavy atom. The van der Waals surface area contributed by atoms with Crippen LogP contribution in [0.25, 0.3) is 0 Å². The average Bonchev–Trinajstić information content (AvgIpc) is 3.74. The van der Waals surface area contributed by atoms with Crippen LogP contribution in [0.2, 0.25) is 5.02 Å². The molecule has 2 aliphatic rings. The summed E-state index contributed by atoms with van der Waals surface area (Å²) in [4.78, 5) is 22.0. The van der Waals surface area contributed by atoms with Gasteiger partial charge in [-0.15, -0.1) is 0 Å². The first-order valence-corrected chi connectivity index (χ1v) is 13.8. The molecule has 2 aromatic rings. The number of benzene rings is 1. The number of likely N-dealkylation sites (N-methyl/N-ethyl adjacent to an activating group) is 2. The van der Waals surface area contributed by atoms with Crippen molar-refractivity contribution in [1.29, 1.82) is 0 Å². The lowest BCUT2D eigenvalue weighted by Gasteiger charge is -2.34. The SMILES string of the molecule is CN(CCCNc1cc(Nc2ccc(N3CCN(C)CC3)cc2C2CC2)ncc1Cl)CCOCCC=O. The topological polar surface area (TPSA) is 73.0 Å². The third-order valence-electron chi connectivity index (χ3n) is 7.07. The van der Waals surface area contributed by atoms with Crippen molar-refractivity contribution in [3.05, 3.63) is 41.0 Å². The molecule has 2 fully saturated rings. The highest BCUT2D eigenvalue weighted by Gasteiger charge is 2.27. The van der Waals surface area contributed by atoms with Crippen molar-refractivity contribution < 1.29 is 9.53 Å². The van der Waals surface area contributed by atoms with Crippen LogP contribution in [0, 0.1) is 0 Å². The standard InChI is InChI=1S/C28H41ClN6O2/c1-33(15-18-37-17-4-16-36)10-3-9-30-27-20-28(31-21-25(27)29)32-26-8-7-23(19-24(26)22-5-6-22)35-13-11-34(2)12-14-35/h7-8,16,19-22H,3-6,9-15,17-18H2,1-2H3,(H2,30,31,32). The normalized spacial score (nSPS) is 16.3. The molecule has 1 aromatic carbocycles. The number of piperazine rings is 1. The molecule has 0 radical (unpaired) electrons. The lowest BCUT2D eigenvalue weighted by atomic mass is 10.1. The van der Waals surface area contributed by atoms with E-state index in [1.54, 1.807) is 6.20 Å². The summed E-state index contributed by atoms with van der Waals surface area (Å²) in [5.41, 5.74) is 4.74. The number of nitrogens with one attached hydrogen (secondary N) is 2. The van der Waals surface area contributed by atoms with Crippen LogP contribution < -0.4 is 15.5 Å². The average molecular weight is 529 g/mol. The van der Waals surface area contributed by atoms with Crippen molar-refractivity contribution in [1.82, 2.24) is 14.8 Å². The van der Waals surface area contributed by atoms with Crippen LogP contribution >= 0.6 is 11.6 Å². The van der Waals surface area contributed by atoms with Crippen LogP contribution in [-0.2, 0) is 9.53 Å². The number of halogens is 1. The van der Waals surface area contributed by atoms with Gasteiger partial charge in [-0.2, -0.15) is 0 Å². The summed E-state index contributed by atoms with van der Waals surface area (Å²) in [6.07, 6.45) is 6.54. The minimum Gasteiger partial charge on any atom is -0.384 e. The van der Waals surface area contributed by atoms with Crippen LogP contribution in [0.1, 0.15) is 37.2 Å². The van der Waals surface area contributed by atoms with E-state index in [0.717, 1.165) is 75.7 Å².